The molecule has 11 rings (SSSR count). The Bertz CT molecular complexity index is 2830. The van der Waals surface area contributed by atoms with Crippen LogP contribution in [0.4, 0.5) is 11.4 Å². The van der Waals surface area contributed by atoms with Crippen LogP contribution in [0.3, 0.4) is 0 Å². The molecule has 2 aliphatic carbocycles. The third-order valence-corrected chi connectivity index (χ3v) is 12.6. The largest absolute Gasteiger partial charge is 0.491 e. The summed E-state index contributed by atoms with van der Waals surface area (Å²) in [5.74, 6) is -3.63. The molecule has 0 bridgehead atoms. The minimum Gasteiger partial charge on any atom is -0.491 e. The number of benzene rings is 5. The van der Waals surface area contributed by atoms with Gasteiger partial charge in [-0.05, 0) is 109 Å². The molecule has 0 unspecified atom stereocenters. The number of fused-ring (bicyclic) bond motifs is 6. The van der Waals surface area contributed by atoms with Gasteiger partial charge in [0, 0.05) is 17.0 Å². The molecule has 1 saturated carbocycles. The molecule has 2 saturated heterocycles. The van der Waals surface area contributed by atoms with Crippen molar-refractivity contribution < 1.29 is 37.9 Å². The number of allylic oxidation sites excluding steroid dienone is 2. The Morgan fingerprint density at radius 3 is 1.68 bits per heavy atom. The maximum absolute atomic E-state index is 14.7. The van der Waals surface area contributed by atoms with Crippen molar-refractivity contribution >= 4 is 57.2 Å². The van der Waals surface area contributed by atoms with Crippen molar-refractivity contribution in [2.75, 3.05) is 23.0 Å². The average Bonchev–Trinajstić information content (AvgIpc) is 4.04. The molecule has 4 aliphatic rings. The number of oxazole rings is 2. The van der Waals surface area contributed by atoms with Crippen LogP contribution in [-0.4, -0.2) is 51.9 Å². The lowest BCUT2D eigenvalue weighted by Gasteiger charge is -2.44. The van der Waals surface area contributed by atoms with E-state index in [1.807, 2.05) is 66.7 Å². The number of anilines is 2. The lowest BCUT2D eigenvalue weighted by atomic mass is 9.57. The van der Waals surface area contributed by atoms with E-state index in [2.05, 4.69) is 9.97 Å². The number of hydrogen-bond donors (Lipinski definition) is 1. The van der Waals surface area contributed by atoms with E-state index < -0.39 is 35.5 Å². The molecule has 5 aromatic carbocycles. The van der Waals surface area contributed by atoms with Crippen molar-refractivity contribution in [1.29, 1.82) is 0 Å². The molecule has 12 heteroatoms. The van der Waals surface area contributed by atoms with Gasteiger partial charge in [0.1, 0.15) is 23.4 Å². The number of rotatable bonds is 8. The van der Waals surface area contributed by atoms with Crippen LogP contribution < -0.4 is 14.5 Å². The normalized spacial score (nSPS) is 23.6. The first kappa shape index (κ1) is 35.9. The number of hydrogen-bond acceptors (Lipinski definition) is 10. The van der Waals surface area contributed by atoms with E-state index in [0.717, 1.165) is 22.2 Å². The van der Waals surface area contributed by atoms with Crippen LogP contribution in [0.5, 0.6) is 5.75 Å². The van der Waals surface area contributed by atoms with Gasteiger partial charge in [0.15, 0.2) is 11.2 Å². The van der Waals surface area contributed by atoms with Crippen LogP contribution >= 0.6 is 0 Å². The number of aliphatic hydroxyl groups is 1. The van der Waals surface area contributed by atoms with Crippen LogP contribution in [0.25, 0.3) is 45.1 Å². The van der Waals surface area contributed by atoms with Crippen LogP contribution in [-0.2, 0) is 19.2 Å². The number of para-hydroxylation sites is 4. The number of ether oxygens (including phenoxy) is 1. The van der Waals surface area contributed by atoms with Crippen molar-refractivity contribution in [3.63, 3.8) is 0 Å². The lowest BCUT2D eigenvalue weighted by Crippen LogP contribution is -2.43. The van der Waals surface area contributed by atoms with E-state index in [1.165, 1.54) is 9.80 Å². The van der Waals surface area contributed by atoms with E-state index in [4.69, 9.17) is 13.6 Å². The van der Waals surface area contributed by atoms with Gasteiger partial charge in [-0.15, -0.1) is 0 Å². The smallest absolute Gasteiger partial charge is 0.238 e. The summed E-state index contributed by atoms with van der Waals surface area (Å²) in [5, 5.41) is 9.31. The first-order valence-electron chi connectivity index (χ1n) is 20.1. The standard InChI is InChI=1S/C48H36N4O8/c53-23-24-58-31-19-13-26(14-20-31)40-32-21-22-33-41(47(56)51(45(33)54)29-15-9-27(10-16-29)43-49-36-5-1-3-7-38(36)59-43)34(32)25-35-42(40)48(57)52(46(35)55)30-17-11-28(12-18-30)44-50-37-6-2-4-8-39(37)60-44/h1-21,33-35,40-42,53H,22-25H2/t33-,34+,35+,40-,41-,42+/m0/s1. The molecule has 0 spiro atoms. The quantitative estimate of drug-likeness (QED) is 0.119. The topological polar surface area (TPSA) is 156 Å². The minimum atomic E-state index is -0.738. The summed E-state index contributed by atoms with van der Waals surface area (Å²) in [6, 6.07) is 36.4. The Morgan fingerprint density at radius 2 is 1.13 bits per heavy atom. The first-order chi connectivity index (χ1) is 29.4. The average molecular weight is 797 g/mol. The van der Waals surface area contributed by atoms with Gasteiger partial charge in [-0.25, -0.2) is 9.97 Å². The molecule has 3 fully saturated rings. The molecule has 2 aliphatic heterocycles. The second kappa shape index (κ2) is 14.0. The molecule has 2 aromatic heterocycles. The number of aliphatic hydroxyl groups excluding tert-OH is 1. The van der Waals surface area contributed by atoms with Crippen LogP contribution in [0.15, 0.2) is 142 Å². The Kier molecular flexibility index (Phi) is 8.38. The van der Waals surface area contributed by atoms with E-state index >= 15 is 0 Å². The fourth-order valence-corrected chi connectivity index (χ4v) is 9.90. The number of amides is 4. The monoisotopic (exact) mass is 796 g/mol. The van der Waals surface area contributed by atoms with Crippen molar-refractivity contribution in [2.24, 2.45) is 29.6 Å². The summed E-state index contributed by atoms with van der Waals surface area (Å²) in [6.45, 7) is -0.0110. The highest BCUT2D eigenvalue weighted by Crippen LogP contribution is 2.58. The summed E-state index contributed by atoms with van der Waals surface area (Å²) in [7, 11) is 0. The molecule has 60 heavy (non-hydrogen) atoms. The predicted octanol–water partition coefficient (Wildman–Crippen LogP) is 7.72. The third-order valence-electron chi connectivity index (χ3n) is 12.6. The Morgan fingerprint density at radius 1 is 0.600 bits per heavy atom. The second-order valence-corrected chi connectivity index (χ2v) is 15.8. The molecule has 6 atom stereocenters. The molecule has 4 heterocycles. The number of carbonyl (C=O) groups excluding carboxylic acids is 4. The first-order valence-corrected chi connectivity index (χ1v) is 20.1. The Hall–Kier alpha value is -7.18. The van der Waals surface area contributed by atoms with Crippen LogP contribution in [0.2, 0.25) is 0 Å². The molecular formula is C48H36N4O8. The molecule has 296 valence electrons. The number of aromatic nitrogens is 2. The van der Waals surface area contributed by atoms with Gasteiger partial charge in [0.2, 0.25) is 35.4 Å². The zero-order chi connectivity index (χ0) is 40.6. The van der Waals surface area contributed by atoms with Gasteiger partial charge >= 0.3 is 0 Å². The van der Waals surface area contributed by atoms with Gasteiger partial charge in [-0.2, -0.15) is 0 Å². The minimum absolute atomic E-state index is 0.128. The molecular weight excluding hydrogens is 761 g/mol. The third kappa shape index (κ3) is 5.62. The number of carbonyl (C=O) groups is 4. The van der Waals surface area contributed by atoms with Gasteiger partial charge in [-0.3, -0.25) is 29.0 Å². The molecule has 12 nitrogen and oxygen atoms in total. The van der Waals surface area contributed by atoms with Gasteiger partial charge in [0.05, 0.1) is 41.7 Å². The Labute approximate surface area is 342 Å². The predicted molar refractivity (Wildman–Crippen MR) is 220 cm³/mol. The maximum atomic E-state index is 14.7. The summed E-state index contributed by atoms with van der Waals surface area (Å²) < 4.78 is 17.5. The zero-order valence-corrected chi connectivity index (χ0v) is 32.0. The molecule has 0 radical (unpaired) electrons. The van der Waals surface area contributed by atoms with Crippen LogP contribution in [0, 0.1) is 29.6 Å². The maximum Gasteiger partial charge on any atom is 0.238 e. The fourth-order valence-electron chi connectivity index (χ4n) is 9.90. The molecule has 1 N–H and O–H groups in total. The van der Waals surface area contributed by atoms with Crippen LogP contribution in [0.1, 0.15) is 24.3 Å². The van der Waals surface area contributed by atoms with Crippen molar-refractivity contribution in [1.82, 2.24) is 9.97 Å². The highest BCUT2D eigenvalue weighted by atomic mass is 16.5. The second-order valence-electron chi connectivity index (χ2n) is 15.8. The summed E-state index contributed by atoms with van der Waals surface area (Å²) in [4.78, 5) is 69.9. The summed E-state index contributed by atoms with van der Waals surface area (Å²) >= 11 is 0. The van der Waals surface area contributed by atoms with E-state index in [0.29, 0.717) is 57.6 Å². The van der Waals surface area contributed by atoms with Crippen molar-refractivity contribution in [3.8, 4) is 28.7 Å². The zero-order valence-electron chi connectivity index (χ0n) is 32.0. The summed E-state index contributed by atoms with van der Waals surface area (Å²) in [5.41, 5.74) is 6.75. The SMILES string of the molecule is O=C1[C@H]2[C@H](CC=C3[C@H]2C[C@H]2C(=O)N(c4ccc(-c5nc6ccccc6o5)cc4)C(=O)[C@H]2[C@H]3c2ccc(OCCO)cc2)C(=O)N1c1ccc(-c2nc3ccccc3o2)cc1. The van der Waals surface area contributed by atoms with E-state index in [9.17, 15) is 24.3 Å². The fraction of sp³-hybridized carbons (Fsp3) is 0.208. The highest BCUT2D eigenvalue weighted by Gasteiger charge is 2.62. The molecule has 7 aromatic rings. The van der Waals surface area contributed by atoms with Crippen molar-refractivity contribution in [3.05, 3.63) is 139 Å². The van der Waals surface area contributed by atoms with Gasteiger partial charge in [0.25, 0.3) is 0 Å². The number of imide groups is 2. The van der Waals surface area contributed by atoms with Crippen molar-refractivity contribution in [2.45, 2.75) is 18.8 Å². The van der Waals surface area contributed by atoms with E-state index in [-0.39, 0.29) is 43.3 Å². The van der Waals surface area contributed by atoms with E-state index in [1.54, 1.807) is 60.7 Å². The highest BCUT2D eigenvalue weighted by molar-refractivity contribution is 6.24. The van der Waals surface area contributed by atoms with Gasteiger partial charge in [-0.1, -0.05) is 48.0 Å². The number of nitrogens with zero attached hydrogens (tertiary/aromatic N) is 4. The molecule has 4 amide bonds. The lowest BCUT2D eigenvalue weighted by molar-refractivity contribution is -0.126. The Balaban J connectivity index is 0.921. The van der Waals surface area contributed by atoms with Gasteiger partial charge < -0.3 is 18.7 Å². The summed E-state index contributed by atoms with van der Waals surface area (Å²) in [6.07, 6.45) is 2.61.